The van der Waals surface area contributed by atoms with Crippen molar-refractivity contribution in [2.24, 2.45) is 11.3 Å². The van der Waals surface area contributed by atoms with Gasteiger partial charge in [-0.2, -0.15) is 0 Å². The Morgan fingerprint density at radius 3 is 2.09 bits per heavy atom. The fourth-order valence-electron chi connectivity index (χ4n) is 0.801. The molecule has 0 amide bonds. The second kappa shape index (κ2) is 3.89. The molecule has 0 aromatic rings. The van der Waals surface area contributed by atoms with Crippen LogP contribution in [0.1, 0.15) is 47.5 Å². The molecule has 0 heterocycles. The van der Waals surface area contributed by atoms with Gasteiger partial charge in [0, 0.05) is 12.3 Å². The zero-order valence-corrected chi connectivity index (χ0v) is 8.40. The molecule has 0 saturated heterocycles. The second-order valence-electron chi connectivity index (χ2n) is 4.32. The summed E-state index contributed by atoms with van der Waals surface area (Å²) in [6, 6.07) is 0. The second-order valence-corrected chi connectivity index (χ2v) is 4.32. The molecule has 0 aromatic carbocycles. The maximum absolute atomic E-state index is 11.3. The van der Waals surface area contributed by atoms with Gasteiger partial charge in [-0.3, -0.25) is 4.79 Å². The predicted octanol–water partition coefficient (Wildman–Crippen LogP) is 3.04. The molecule has 0 aliphatic heterocycles. The quantitative estimate of drug-likeness (QED) is 0.611. The van der Waals surface area contributed by atoms with Gasteiger partial charge in [-0.25, -0.2) is 0 Å². The molecule has 0 N–H and O–H groups in total. The molecule has 0 fully saturated rings. The van der Waals surface area contributed by atoms with Crippen LogP contribution in [0.15, 0.2) is 0 Å². The molecular weight excluding hydrogens is 136 g/mol. The zero-order chi connectivity index (χ0) is 9.07. The first kappa shape index (κ1) is 10.7. The molecule has 1 heteroatoms. The Balaban J connectivity index is 3.94. The van der Waals surface area contributed by atoms with Crippen molar-refractivity contribution in [1.29, 1.82) is 0 Å². The highest BCUT2D eigenvalue weighted by atomic mass is 16.1. The van der Waals surface area contributed by atoms with Crippen LogP contribution in [0.25, 0.3) is 0 Å². The van der Waals surface area contributed by atoms with E-state index in [0.29, 0.717) is 5.78 Å². The highest BCUT2D eigenvalue weighted by molar-refractivity contribution is 5.80. The van der Waals surface area contributed by atoms with Crippen LogP contribution in [0.3, 0.4) is 0 Å². The van der Waals surface area contributed by atoms with Crippen molar-refractivity contribution in [3.05, 3.63) is 0 Å². The summed E-state index contributed by atoms with van der Waals surface area (Å²) in [6.07, 6.45) is 1.80. The molecule has 1 nitrogen and oxygen atoms in total. The Kier molecular flexibility index (Phi) is 3.77. The summed E-state index contributed by atoms with van der Waals surface area (Å²) in [5.74, 6) is 0.581. The minimum absolute atomic E-state index is 0.195. The van der Waals surface area contributed by atoms with Gasteiger partial charge in [0.2, 0.25) is 0 Å². The average molecular weight is 156 g/mol. The van der Waals surface area contributed by atoms with Crippen molar-refractivity contribution < 1.29 is 4.79 Å². The number of carbonyl (C=O) groups is 1. The lowest BCUT2D eigenvalue weighted by atomic mass is 9.82. The van der Waals surface area contributed by atoms with Crippen molar-refractivity contribution in [3.63, 3.8) is 0 Å². The largest absolute Gasteiger partial charge is 0.299 e. The van der Waals surface area contributed by atoms with E-state index >= 15 is 0 Å². The van der Waals surface area contributed by atoms with Crippen LogP contribution < -0.4 is 0 Å². The van der Waals surface area contributed by atoms with Gasteiger partial charge in [0.1, 0.15) is 5.78 Å². The molecule has 66 valence electrons. The van der Waals surface area contributed by atoms with Crippen LogP contribution >= 0.6 is 0 Å². The summed E-state index contributed by atoms with van der Waals surface area (Å²) in [7, 11) is 0. The van der Waals surface area contributed by atoms with Gasteiger partial charge in [-0.15, -0.1) is 0 Å². The highest BCUT2D eigenvalue weighted by Crippen LogP contribution is 2.25. The molecule has 0 atom stereocenters. The van der Waals surface area contributed by atoms with Gasteiger partial charge in [0.05, 0.1) is 0 Å². The van der Waals surface area contributed by atoms with Crippen molar-refractivity contribution in [1.82, 2.24) is 0 Å². The first-order valence-corrected chi connectivity index (χ1v) is 4.42. The standard InChI is InChI=1S/C10H20O/c1-6-10(4,5)7-9(11)8(2)3/h8H,6-7H2,1-5H3. The molecule has 0 saturated carbocycles. The number of Topliss-reactive ketones (excluding diaryl/α,β-unsaturated/α-hetero) is 1. The van der Waals surface area contributed by atoms with E-state index in [1.807, 2.05) is 13.8 Å². The third-order valence-electron chi connectivity index (χ3n) is 2.25. The average Bonchev–Trinajstić information content (AvgIpc) is 1.87. The van der Waals surface area contributed by atoms with Crippen LogP contribution in [0.4, 0.5) is 0 Å². The van der Waals surface area contributed by atoms with Gasteiger partial charge < -0.3 is 0 Å². The third-order valence-corrected chi connectivity index (χ3v) is 2.25. The summed E-state index contributed by atoms with van der Waals surface area (Å²) in [5.41, 5.74) is 0.196. The molecule has 0 radical (unpaired) electrons. The lowest BCUT2D eigenvalue weighted by Crippen LogP contribution is -2.19. The highest BCUT2D eigenvalue weighted by Gasteiger charge is 2.20. The Morgan fingerprint density at radius 2 is 1.82 bits per heavy atom. The molecule has 0 aromatic heterocycles. The summed E-state index contributed by atoms with van der Waals surface area (Å²) >= 11 is 0. The number of ketones is 1. The van der Waals surface area contributed by atoms with E-state index in [4.69, 9.17) is 0 Å². The first-order chi connectivity index (χ1) is 4.89. The van der Waals surface area contributed by atoms with Gasteiger partial charge in [-0.1, -0.05) is 41.0 Å². The minimum Gasteiger partial charge on any atom is -0.299 e. The molecule has 0 aliphatic rings. The van der Waals surface area contributed by atoms with Gasteiger partial charge in [0.15, 0.2) is 0 Å². The van der Waals surface area contributed by atoms with Crippen LogP contribution in [0, 0.1) is 11.3 Å². The third kappa shape index (κ3) is 4.18. The van der Waals surface area contributed by atoms with Crippen LogP contribution in [0.5, 0.6) is 0 Å². The van der Waals surface area contributed by atoms with Crippen LogP contribution in [-0.2, 0) is 4.79 Å². The predicted molar refractivity (Wildman–Crippen MR) is 48.5 cm³/mol. The fraction of sp³-hybridized carbons (Fsp3) is 0.900. The number of carbonyl (C=O) groups excluding carboxylic acids is 1. The minimum atomic E-state index is 0.195. The lowest BCUT2D eigenvalue weighted by Gasteiger charge is -2.22. The van der Waals surface area contributed by atoms with E-state index in [-0.39, 0.29) is 11.3 Å². The summed E-state index contributed by atoms with van der Waals surface area (Å²) in [4.78, 5) is 11.3. The molecule has 0 bridgehead atoms. The molecule has 0 unspecified atom stereocenters. The molecule has 11 heavy (non-hydrogen) atoms. The van der Waals surface area contributed by atoms with Crippen molar-refractivity contribution in [3.8, 4) is 0 Å². The number of rotatable bonds is 4. The molecular formula is C10H20O. The maximum Gasteiger partial charge on any atom is 0.135 e. The van der Waals surface area contributed by atoms with E-state index in [2.05, 4.69) is 20.8 Å². The fourth-order valence-corrected chi connectivity index (χ4v) is 0.801. The normalized spacial score (nSPS) is 12.2. The summed E-state index contributed by atoms with van der Waals surface area (Å²) in [6.45, 7) is 10.4. The maximum atomic E-state index is 11.3. The smallest absolute Gasteiger partial charge is 0.135 e. The Hall–Kier alpha value is -0.330. The Bertz CT molecular complexity index is 134. The monoisotopic (exact) mass is 156 g/mol. The van der Waals surface area contributed by atoms with Gasteiger partial charge >= 0.3 is 0 Å². The van der Waals surface area contributed by atoms with E-state index in [1.54, 1.807) is 0 Å². The van der Waals surface area contributed by atoms with Gasteiger partial charge in [0.25, 0.3) is 0 Å². The van der Waals surface area contributed by atoms with Crippen molar-refractivity contribution >= 4 is 5.78 Å². The molecule has 0 spiro atoms. The van der Waals surface area contributed by atoms with E-state index < -0.39 is 0 Å². The van der Waals surface area contributed by atoms with E-state index in [9.17, 15) is 4.79 Å². The SMILES string of the molecule is CCC(C)(C)CC(=O)C(C)C. The van der Waals surface area contributed by atoms with E-state index in [1.165, 1.54) is 0 Å². The Morgan fingerprint density at radius 1 is 1.36 bits per heavy atom. The van der Waals surface area contributed by atoms with Crippen LogP contribution in [0.2, 0.25) is 0 Å². The summed E-state index contributed by atoms with van der Waals surface area (Å²) in [5, 5.41) is 0. The number of hydrogen-bond acceptors (Lipinski definition) is 1. The molecule has 0 aliphatic carbocycles. The number of hydrogen-bond donors (Lipinski definition) is 0. The van der Waals surface area contributed by atoms with Gasteiger partial charge in [-0.05, 0) is 5.41 Å². The summed E-state index contributed by atoms with van der Waals surface area (Å²) < 4.78 is 0. The lowest BCUT2D eigenvalue weighted by molar-refractivity contribution is -0.123. The molecule has 0 rings (SSSR count). The van der Waals surface area contributed by atoms with E-state index in [0.717, 1.165) is 12.8 Å². The topological polar surface area (TPSA) is 17.1 Å². The first-order valence-electron chi connectivity index (χ1n) is 4.42. The van der Waals surface area contributed by atoms with Crippen LogP contribution in [-0.4, -0.2) is 5.78 Å². The van der Waals surface area contributed by atoms with Crippen molar-refractivity contribution in [2.75, 3.05) is 0 Å². The Labute approximate surface area is 70.2 Å². The van der Waals surface area contributed by atoms with Crippen molar-refractivity contribution in [2.45, 2.75) is 47.5 Å². The zero-order valence-electron chi connectivity index (χ0n) is 8.40.